The molecule has 0 saturated carbocycles. The molecule has 0 atom stereocenters. The van der Waals surface area contributed by atoms with E-state index in [0.29, 0.717) is 43.5 Å². The van der Waals surface area contributed by atoms with Crippen molar-refractivity contribution in [1.82, 2.24) is 4.98 Å². The van der Waals surface area contributed by atoms with Gasteiger partial charge in [0, 0.05) is 36.5 Å². The summed E-state index contributed by atoms with van der Waals surface area (Å²) in [5, 5.41) is 7.08. The van der Waals surface area contributed by atoms with Crippen molar-refractivity contribution in [2.75, 3.05) is 24.6 Å². The summed E-state index contributed by atoms with van der Waals surface area (Å²) in [4.78, 5) is 17.7. The molecule has 1 fully saturated rings. The fraction of sp³-hybridized carbons (Fsp3) is 0.381. The summed E-state index contributed by atoms with van der Waals surface area (Å²) in [6.45, 7) is 4.29. The third-order valence-corrected chi connectivity index (χ3v) is 4.67. The van der Waals surface area contributed by atoms with Crippen LogP contribution in [0.3, 0.4) is 0 Å². The molecule has 154 valence electrons. The van der Waals surface area contributed by atoms with E-state index in [9.17, 15) is 9.18 Å². The van der Waals surface area contributed by atoms with Crippen LogP contribution < -0.4 is 10.6 Å². The monoisotopic (exact) mass is 400 g/mol. The van der Waals surface area contributed by atoms with E-state index in [1.807, 2.05) is 30.2 Å². The van der Waals surface area contributed by atoms with E-state index in [-0.39, 0.29) is 18.9 Å². The van der Waals surface area contributed by atoms with Gasteiger partial charge >= 0.3 is 5.97 Å². The Morgan fingerprint density at radius 1 is 1.31 bits per heavy atom. The van der Waals surface area contributed by atoms with Gasteiger partial charge in [-0.05, 0) is 24.6 Å². The number of benzene rings is 1. The van der Waals surface area contributed by atoms with Crippen LogP contribution in [0, 0.1) is 24.1 Å². The molecule has 1 aliphatic heterocycles. The van der Waals surface area contributed by atoms with Crippen LogP contribution in [0.2, 0.25) is 0 Å². The third kappa shape index (κ3) is 5.74. The van der Waals surface area contributed by atoms with Crippen LogP contribution in [0.4, 0.5) is 10.1 Å². The highest BCUT2D eigenvalue weighted by Crippen LogP contribution is 2.29. The van der Waals surface area contributed by atoms with Gasteiger partial charge in [0.25, 0.3) is 0 Å². The zero-order valence-corrected chi connectivity index (χ0v) is 16.4. The Morgan fingerprint density at radius 2 is 2.10 bits per heavy atom. The number of hydrogen-bond acceptors (Lipinski definition) is 6. The van der Waals surface area contributed by atoms with Crippen LogP contribution in [0.5, 0.6) is 0 Å². The number of carbonyl (C=O) groups excluding carboxylic acids is 1. The number of nitrogens with zero attached hydrogens (tertiary/aromatic N) is 2. The number of hydrogen-bond donors (Lipinski definition) is 2. The molecule has 0 bridgehead atoms. The number of amidine groups is 1. The molecule has 2 heterocycles. The van der Waals surface area contributed by atoms with Crippen LogP contribution in [0.25, 0.3) is 0 Å². The largest absolute Gasteiger partial charge is 0.460 e. The van der Waals surface area contributed by atoms with Crippen molar-refractivity contribution in [3.05, 3.63) is 59.2 Å². The summed E-state index contributed by atoms with van der Waals surface area (Å²) < 4.78 is 25.5. The second kappa shape index (κ2) is 9.47. The first-order valence-corrected chi connectivity index (χ1v) is 9.42. The lowest BCUT2D eigenvalue weighted by Gasteiger charge is -2.41. The molecule has 1 aromatic heterocycles. The lowest BCUT2D eigenvalue weighted by molar-refractivity contribution is -0.143. The number of aryl methyl sites for hydroxylation is 1. The number of pyridine rings is 1. The van der Waals surface area contributed by atoms with E-state index in [1.54, 1.807) is 18.2 Å². The summed E-state index contributed by atoms with van der Waals surface area (Å²) in [7, 11) is 0. The fourth-order valence-electron chi connectivity index (χ4n) is 3.09. The normalized spacial score (nSPS) is 13.8. The van der Waals surface area contributed by atoms with Gasteiger partial charge < -0.3 is 20.1 Å². The minimum absolute atomic E-state index is 0.184. The van der Waals surface area contributed by atoms with Crippen molar-refractivity contribution in [3.8, 4) is 0 Å². The second-order valence-electron chi connectivity index (χ2n) is 7.21. The number of carbonyl (C=O) groups is 1. The summed E-state index contributed by atoms with van der Waals surface area (Å²) >= 11 is 0. The van der Waals surface area contributed by atoms with Crippen molar-refractivity contribution in [3.63, 3.8) is 0 Å². The van der Waals surface area contributed by atoms with Gasteiger partial charge in [0.2, 0.25) is 0 Å². The van der Waals surface area contributed by atoms with E-state index in [1.165, 1.54) is 0 Å². The number of halogens is 1. The van der Waals surface area contributed by atoms with Crippen molar-refractivity contribution in [1.29, 1.82) is 5.41 Å². The highest BCUT2D eigenvalue weighted by molar-refractivity contribution is 5.94. The first kappa shape index (κ1) is 20.7. The number of ether oxygens (including phenoxy) is 2. The molecule has 3 rings (SSSR count). The Balaban J connectivity index is 1.45. The van der Waals surface area contributed by atoms with Gasteiger partial charge in [0.15, 0.2) is 5.82 Å². The van der Waals surface area contributed by atoms with Gasteiger partial charge in [-0.15, -0.1) is 0 Å². The van der Waals surface area contributed by atoms with E-state index >= 15 is 0 Å². The lowest BCUT2D eigenvalue weighted by Crippen LogP contribution is -2.49. The highest BCUT2D eigenvalue weighted by atomic mass is 19.1. The smallest absolute Gasteiger partial charge is 0.313 e. The van der Waals surface area contributed by atoms with Crippen molar-refractivity contribution in [2.45, 2.75) is 26.6 Å². The molecule has 1 saturated heterocycles. The zero-order valence-electron chi connectivity index (χ0n) is 16.4. The molecule has 8 heteroatoms. The number of esters is 1. The Hall–Kier alpha value is -3.00. The van der Waals surface area contributed by atoms with Crippen LogP contribution in [-0.2, 0) is 27.5 Å². The summed E-state index contributed by atoms with van der Waals surface area (Å²) in [6, 6.07) is 8.98. The minimum Gasteiger partial charge on any atom is -0.460 e. The van der Waals surface area contributed by atoms with E-state index < -0.39 is 11.8 Å². The maximum absolute atomic E-state index is 14.8. The van der Waals surface area contributed by atoms with Gasteiger partial charge in [0.05, 0.1) is 18.9 Å². The summed E-state index contributed by atoms with van der Waals surface area (Å²) in [5.41, 5.74) is 7.95. The average molecular weight is 400 g/mol. The first-order valence-electron chi connectivity index (χ1n) is 9.42. The van der Waals surface area contributed by atoms with Gasteiger partial charge in [0.1, 0.15) is 18.9 Å². The molecular weight excluding hydrogens is 375 g/mol. The van der Waals surface area contributed by atoms with Crippen LogP contribution in [0.15, 0.2) is 36.5 Å². The van der Waals surface area contributed by atoms with Crippen LogP contribution in [0.1, 0.15) is 23.2 Å². The molecule has 0 radical (unpaired) electrons. The minimum atomic E-state index is -0.646. The van der Waals surface area contributed by atoms with Crippen LogP contribution >= 0.6 is 0 Å². The van der Waals surface area contributed by atoms with Crippen LogP contribution in [-0.4, -0.2) is 36.5 Å². The molecule has 29 heavy (non-hydrogen) atoms. The first-order chi connectivity index (χ1) is 13.9. The van der Waals surface area contributed by atoms with Gasteiger partial charge in [-0.3, -0.25) is 15.2 Å². The maximum atomic E-state index is 14.8. The second-order valence-corrected chi connectivity index (χ2v) is 7.21. The van der Waals surface area contributed by atoms with Crippen molar-refractivity contribution >= 4 is 17.5 Å². The predicted octanol–water partition coefficient (Wildman–Crippen LogP) is 2.55. The molecule has 2 aromatic rings. The topological polar surface area (TPSA) is 102 Å². The van der Waals surface area contributed by atoms with Crippen molar-refractivity contribution < 1.29 is 18.7 Å². The van der Waals surface area contributed by atoms with Gasteiger partial charge in [-0.1, -0.05) is 18.2 Å². The third-order valence-electron chi connectivity index (χ3n) is 4.67. The Bertz CT molecular complexity index is 867. The molecule has 7 nitrogen and oxygen atoms in total. The number of anilines is 1. The molecule has 0 aliphatic carbocycles. The summed E-state index contributed by atoms with van der Waals surface area (Å²) in [6.07, 6.45) is 1.51. The Kier molecular flexibility index (Phi) is 6.77. The van der Waals surface area contributed by atoms with Crippen molar-refractivity contribution in [2.24, 2.45) is 11.7 Å². The number of rotatable bonds is 9. The fourth-order valence-corrected chi connectivity index (χ4v) is 3.09. The molecular formula is C21H25FN4O3. The number of aromatic nitrogens is 1. The maximum Gasteiger partial charge on any atom is 0.313 e. The lowest BCUT2D eigenvalue weighted by atomic mass is 9.99. The highest BCUT2D eigenvalue weighted by Gasteiger charge is 2.29. The number of nitrogens with one attached hydrogen (secondary N) is 1. The summed E-state index contributed by atoms with van der Waals surface area (Å²) in [5.74, 6) is -0.984. The average Bonchev–Trinajstić information content (AvgIpc) is 2.64. The SMILES string of the molecule is Cc1ccc(COCC2CN(c3cccc(COC(=O)CC(=N)N)c3F)C2)cn1. The van der Waals surface area contributed by atoms with E-state index in [4.69, 9.17) is 20.6 Å². The molecule has 1 aromatic carbocycles. The molecule has 1 aliphatic rings. The molecule has 3 N–H and O–H groups in total. The Morgan fingerprint density at radius 3 is 2.79 bits per heavy atom. The standard InChI is InChI=1S/C21H25FN4O3/c1-14-5-6-15(8-25-14)11-28-12-16-9-26(10-16)18-4-2-3-17(21(18)22)13-29-20(27)7-19(23)24/h2-6,8,16H,7,9-13H2,1H3,(H3,23,24). The van der Waals surface area contributed by atoms with Gasteiger partial charge in [-0.25, -0.2) is 4.39 Å². The molecule has 0 unspecified atom stereocenters. The number of nitrogens with two attached hydrogens (primary N) is 1. The van der Waals surface area contributed by atoms with Gasteiger partial charge in [-0.2, -0.15) is 0 Å². The quantitative estimate of drug-likeness (QED) is 0.381. The van der Waals surface area contributed by atoms with E-state index in [2.05, 4.69) is 4.98 Å². The molecule has 0 spiro atoms. The zero-order chi connectivity index (χ0) is 20.8. The Labute approximate surface area is 169 Å². The predicted molar refractivity (Wildman–Crippen MR) is 107 cm³/mol. The molecule has 0 amide bonds. The van der Waals surface area contributed by atoms with E-state index in [0.717, 1.165) is 11.3 Å².